The number of thiol groups is 1. The van der Waals surface area contributed by atoms with Crippen LogP contribution in [0.4, 0.5) is 10.7 Å². The fraction of sp³-hybridized carbons (Fsp3) is 0.544. The number of anilines is 1. The van der Waals surface area contributed by atoms with Gasteiger partial charge in [-0.1, -0.05) is 68.6 Å². The average Bonchev–Trinajstić information content (AvgIpc) is 1.64. The lowest BCUT2D eigenvalue weighted by Gasteiger charge is -2.27. The lowest BCUT2D eigenvalue weighted by Crippen LogP contribution is -2.44. The highest BCUT2D eigenvalue weighted by atomic mass is 32.7. The largest absolute Gasteiger partial charge is 0.474 e. The molecule has 5 aromatic rings. The van der Waals surface area contributed by atoms with Crippen molar-refractivity contribution in [3.8, 4) is 5.88 Å². The summed E-state index contributed by atoms with van der Waals surface area (Å²) in [6.07, 6.45) is -3.45. The van der Waals surface area contributed by atoms with E-state index in [2.05, 4.69) is 47.8 Å². The second-order valence-electron chi connectivity index (χ2n) is 22.0. The van der Waals surface area contributed by atoms with Gasteiger partial charge in [-0.05, 0) is 53.8 Å². The first-order valence-corrected chi connectivity index (χ1v) is 34.6. The van der Waals surface area contributed by atoms with Gasteiger partial charge in [-0.3, -0.25) is 43.4 Å². The number of carbonyl (C=O) groups excluding carboxylic acids is 5. The Kier molecular flexibility index (Phi) is 26.2. The topological polar surface area (TPSA) is 387 Å². The molecule has 3 fully saturated rings. The number of rotatable bonds is 30. The second kappa shape index (κ2) is 33.7. The van der Waals surface area contributed by atoms with Crippen molar-refractivity contribution in [3.63, 3.8) is 0 Å². The van der Waals surface area contributed by atoms with Crippen LogP contribution in [0.2, 0.25) is 0 Å². The first-order chi connectivity index (χ1) is 43.6. The third kappa shape index (κ3) is 20.7. The molecule has 8 rings (SSSR count). The molecule has 2 bridgehead atoms. The Labute approximate surface area is 534 Å². The van der Waals surface area contributed by atoms with Crippen molar-refractivity contribution in [2.45, 2.75) is 102 Å². The molecule has 0 spiro atoms. The Morgan fingerprint density at radius 3 is 2.32 bits per heavy atom. The number of nitrogens with two attached hydrogens (primary N) is 1. The highest BCUT2D eigenvalue weighted by Crippen LogP contribution is 2.59. The summed E-state index contributed by atoms with van der Waals surface area (Å²) in [7, 11) is 1.48. The number of aliphatic hydroxyl groups is 1. The fourth-order valence-electron chi connectivity index (χ4n) is 10.1. The Hall–Kier alpha value is -6.03. The summed E-state index contributed by atoms with van der Waals surface area (Å²) in [5.74, 6) is -3.11. The van der Waals surface area contributed by atoms with E-state index < -0.39 is 98.2 Å². The van der Waals surface area contributed by atoms with Gasteiger partial charge in [-0.2, -0.15) is 4.98 Å². The van der Waals surface area contributed by atoms with Crippen LogP contribution in [0.5, 0.6) is 5.88 Å². The number of hydrogen-bond donors (Lipinski definition) is 7. The molecule has 3 aliphatic rings. The van der Waals surface area contributed by atoms with Crippen LogP contribution in [-0.4, -0.2) is 190 Å². The maximum Gasteiger partial charge on any atom is 0.410 e. The molecule has 3 aromatic heterocycles. The number of ether oxygens (including phenoxy) is 7. The van der Waals surface area contributed by atoms with Crippen LogP contribution in [0.3, 0.4) is 0 Å². The van der Waals surface area contributed by atoms with Crippen LogP contribution in [0, 0.1) is 17.8 Å². The molecule has 30 nitrogen and oxygen atoms in total. The van der Waals surface area contributed by atoms with Gasteiger partial charge >= 0.3 is 19.6 Å². The Bertz CT molecular complexity index is 3430. The van der Waals surface area contributed by atoms with Crippen LogP contribution in [0.15, 0.2) is 78.2 Å². The zero-order valence-corrected chi connectivity index (χ0v) is 54.0. The smallest absolute Gasteiger partial charge is 0.410 e. The van der Waals surface area contributed by atoms with Crippen molar-refractivity contribution >= 4 is 84.2 Å². The molecule has 2 aliphatic heterocycles. The van der Waals surface area contributed by atoms with Gasteiger partial charge in [0.25, 0.3) is 11.5 Å². The number of aromatic amines is 1. The number of ketones is 2. The van der Waals surface area contributed by atoms with E-state index in [0.717, 1.165) is 6.33 Å². The van der Waals surface area contributed by atoms with Gasteiger partial charge in [0.2, 0.25) is 17.7 Å². The third-order valence-corrected chi connectivity index (χ3v) is 18.1. The molecular formula is C57H76N10O20P2S2. The van der Waals surface area contributed by atoms with E-state index in [1.807, 2.05) is 13.8 Å². The number of imidazole rings is 1. The van der Waals surface area contributed by atoms with Gasteiger partial charge in [0.1, 0.15) is 44.0 Å². The highest BCUT2D eigenvalue weighted by Gasteiger charge is 2.51. The average molecular weight is 1350 g/mol. The number of nitrogens with one attached hydrogen (secondary N) is 3. The minimum atomic E-state index is -4.37. The molecule has 7 N–H and O–H groups in total. The lowest BCUT2D eigenvalue weighted by atomic mass is 9.89. The summed E-state index contributed by atoms with van der Waals surface area (Å²) in [5, 5.41) is 17.0. The van der Waals surface area contributed by atoms with Crippen molar-refractivity contribution in [2.75, 3.05) is 85.0 Å². The van der Waals surface area contributed by atoms with Gasteiger partial charge in [0.15, 0.2) is 29.0 Å². The van der Waals surface area contributed by atoms with Crippen molar-refractivity contribution in [1.29, 1.82) is 0 Å². The monoisotopic (exact) mass is 1350 g/mol. The SMILES string of the molecule is CC(C)[C@H](CC(=O)COCCOCCOCCOCCN)C(=O)N[C@@H](C)C(=O)Cc1ccc(COC(=O)N(C)Cc2ccccc2C(=O)Nc2nc3c(ncn3[C@@H]3O[C@@H]4COP(O)(=S)O[C@H]5C[C@H](Oc6ccncn6)C[C@@H]5COP(=O)(S)O[C@@H]3[C@@H]4O)c(=O)[nH]2)cc1. The minimum Gasteiger partial charge on any atom is -0.474 e. The van der Waals surface area contributed by atoms with E-state index in [4.69, 9.17) is 68.8 Å². The summed E-state index contributed by atoms with van der Waals surface area (Å²) in [6.45, 7) is -1.38. The molecule has 34 heteroatoms. The number of benzene rings is 2. The summed E-state index contributed by atoms with van der Waals surface area (Å²) in [4.78, 5) is 112. The van der Waals surface area contributed by atoms with Crippen molar-refractivity contribution < 1.29 is 89.8 Å². The molecular weight excluding hydrogens is 1270 g/mol. The molecule has 2 saturated heterocycles. The molecule has 91 heavy (non-hydrogen) atoms. The fourth-order valence-corrected chi connectivity index (χ4v) is 13.1. The van der Waals surface area contributed by atoms with Crippen LogP contribution < -0.4 is 26.7 Å². The van der Waals surface area contributed by atoms with Crippen molar-refractivity contribution in [3.05, 3.63) is 106 Å². The number of nitrogens with zero attached hydrogens (tertiary/aromatic N) is 6. The first kappa shape index (κ1) is 70.8. The molecule has 11 atom stereocenters. The maximum atomic E-state index is 14.0. The van der Waals surface area contributed by atoms with E-state index in [1.165, 1.54) is 35.1 Å². The van der Waals surface area contributed by atoms with Gasteiger partial charge in [0.05, 0.1) is 77.9 Å². The first-order valence-electron chi connectivity index (χ1n) is 29.3. The number of carbonyl (C=O) groups is 5. The van der Waals surface area contributed by atoms with Crippen LogP contribution >= 0.6 is 25.8 Å². The lowest BCUT2D eigenvalue weighted by molar-refractivity contribution is -0.134. The number of amides is 3. The zero-order valence-electron chi connectivity index (χ0n) is 50.5. The van der Waals surface area contributed by atoms with Crippen LogP contribution in [0.1, 0.15) is 73.3 Å². The number of aromatic nitrogens is 6. The molecule has 3 amide bonds. The molecule has 2 aromatic carbocycles. The number of fused-ring (bicyclic) bond motifs is 4. The maximum absolute atomic E-state index is 14.0. The summed E-state index contributed by atoms with van der Waals surface area (Å²) < 4.78 is 77.8. The normalized spacial score (nSPS) is 24.1. The van der Waals surface area contributed by atoms with Gasteiger partial charge < -0.3 is 72.7 Å². The third-order valence-electron chi connectivity index (χ3n) is 14.9. The highest BCUT2D eigenvalue weighted by molar-refractivity contribution is 8.44. The predicted octanol–water partition coefficient (Wildman–Crippen LogP) is 3.99. The summed E-state index contributed by atoms with van der Waals surface area (Å²) >= 11 is 9.62. The molecule has 2 unspecified atom stereocenters. The van der Waals surface area contributed by atoms with Crippen molar-refractivity contribution in [2.24, 2.45) is 23.5 Å². The van der Waals surface area contributed by atoms with Crippen LogP contribution in [0.25, 0.3) is 11.2 Å². The Morgan fingerprint density at radius 1 is 0.912 bits per heavy atom. The van der Waals surface area contributed by atoms with E-state index in [9.17, 15) is 43.3 Å². The summed E-state index contributed by atoms with van der Waals surface area (Å²) in [5.41, 5.74) is 5.96. The predicted molar refractivity (Wildman–Crippen MR) is 331 cm³/mol. The van der Waals surface area contributed by atoms with Gasteiger partial charge in [-0.25, -0.2) is 24.3 Å². The Morgan fingerprint density at radius 2 is 1.62 bits per heavy atom. The number of Topliss-reactive ketones (excluding diaryl/α,β-unsaturated/α-hetero) is 2. The van der Waals surface area contributed by atoms with E-state index in [-0.39, 0.29) is 99.0 Å². The summed E-state index contributed by atoms with van der Waals surface area (Å²) in [6, 6.07) is 14.0. The number of H-pyrrole nitrogens is 1. The van der Waals surface area contributed by atoms with E-state index in [0.29, 0.717) is 68.6 Å². The van der Waals surface area contributed by atoms with Gasteiger partial charge in [-0.15, -0.1) is 0 Å². The standard InChI is InChI=1S/C57H76N10O20P2S2/c1-34(2)43(25-40(68)30-80-22-21-79-20-19-78-18-17-77-16-14-58)53(72)62-35(3)44(69)23-36-9-11-37(12-10-36)28-81-57(74)66(4)27-38-7-5-6-8-42(38)52(71)64-56-63-51-48(54(73)65-56)61-33-67(51)55-50-49(70)46(85-55)31-83-88(75,90)86-45-26-41(84-47-13-15-59-32-60-47)24-39(45)29-82-89(76,91)87-50/h5-13,15,32-35,39,41,43,45-46,49-50,55,70H,14,16-31,58H2,1-4H3,(H,62,72)(H,75,90)(H,76,91)(H2,63,64,65,71,73)/t35-,39+,41+,43-,45-,46+,49+,50+,55+,88?,89?/m0/s1. The molecule has 0 radical (unpaired) electrons. The molecule has 1 saturated carbocycles. The minimum absolute atomic E-state index is 0.00158. The van der Waals surface area contributed by atoms with E-state index in [1.54, 1.807) is 55.5 Å². The number of hydrogen-bond acceptors (Lipinski definition) is 25. The quantitative estimate of drug-likeness (QED) is 0.0194. The number of aliphatic hydroxyl groups excluding tert-OH is 1. The molecule has 1 aliphatic carbocycles. The van der Waals surface area contributed by atoms with E-state index >= 15 is 0 Å². The second-order valence-corrected chi connectivity index (χ2v) is 27.7. The Balaban J connectivity index is 0.810. The molecule has 5 heterocycles. The molecule has 496 valence electrons. The van der Waals surface area contributed by atoms with Crippen molar-refractivity contribution in [1.82, 2.24) is 39.7 Å². The van der Waals surface area contributed by atoms with Crippen LogP contribution in [-0.2, 0) is 96.8 Å². The zero-order chi connectivity index (χ0) is 65.2. The van der Waals surface area contributed by atoms with Gasteiger partial charge in [0, 0.05) is 69.1 Å².